The number of ether oxygens (including phenoxy) is 1. The fourth-order valence-electron chi connectivity index (χ4n) is 4.07. The number of halogens is 6. The first-order valence-corrected chi connectivity index (χ1v) is 9.50. The molecule has 1 saturated heterocycles. The van der Waals surface area contributed by atoms with E-state index >= 15 is 0 Å². The van der Waals surface area contributed by atoms with Crippen LogP contribution in [0.15, 0.2) is 24.3 Å². The Balaban J connectivity index is 1.35. The Morgan fingerprint density at radius 1 is 1.20 bits per heavy atom. The normalized spacial score (nSPS) is 23.9. The van der Waals surface area contributed by atoms with E-state index in [1.165, 1.54) is 18.2 Å². The number of likely N-dealkylation sites (N-methyl/N-ethyl adjacent to an activating group) is 1. The van der Waals surface area contributed by atoms with Crippen molar-refractivity contribution in [1.82, 2.24) is 15.1 Å². The number of amides is 1. The maximum atomic E-state index is 12.4. The van der Waals surface area contributed by atoms with Crippen molar-refractivity contribution in [3.05, 3.63) is 29.8 Å². The van der Waals surface area contributed by atoms with Crippen LogP contribution in [0.25, 0.3) is 0 Å². The summed E-state index contributed by atoms with van der Waals surface area (Å²) in [5.74, 6) is 0.361. The topological polar surface area (TPSA) is 44.8 Å². The van der Waals surface area contributed by atoms with Crippen LogP contribution in [0.3, 0.4) is 0 Å². The van der Waals surface area contributed by atoms with Crippen LogP contribution in [0.2, 0.25) is 0 Å². The molecule has 5 nitrogen and oxygen atoms in total. The van der Waals surface area contributed by atoms with Crippen LogP contribution in [0.1, 0.15) is 5.56 Å². The lowest BCUT2D eigenvalue weighted by molar-refractivity contribution is -0.274. The molecule has 0 aromatic heterocycles. The molecule has 1 aliphatic carbocycles. The molecule has 11 heteroatoms. The van der Waals surface area contributed by atoms with Crippen molar-refractivity contribution < 1.29 is 35.9 Å². The number of likely N-dealkylation sites (tertiary alicyclic amines) is 1. The molecular weight excluding hydrogens is 416 g/mol. The second-order valence-corrected chi connectivity index (χ2v) is 7.88. The highest BCUT2D eigenvalue weighted by Gasteiger charge is 2.55. The lowest BCUT2D eigenvalue weighted by atomic mass is 10.2. The second-order valence-electron chi connectivity index (χ2n) is 7.88. The van der Waals surface area contributed by atoms with Gasteiger partial charge in [-0.3, -0.25) is 9.69 Å². The monoisotopic (exact) mass is 439 g/mol. The average Bonchev–Trinajstić information content (AvgIpc) is 3.04. The minimum absolute atomic E-state index is 0.0221. The molecule has 2 aliphatic rings. The molecule has 168 valence electrons. The van der Waals surface area contributed by atoms with Crippen LogP contribution < -0.4 is 10.1 Å². The highest BCUT2D eigenvalue weighted by molar-refractivity contribution is 5.78. The Morgan fingerprint density at radius 2 is 1.87 bits per heavy atom. The van der Waals surface area contributed by atoms with Gasteiger partial charge in [0.05, 0.1) is 6.54 Å². The number of hydrogen-bond donors (Lipinski definition) is 1. The van der Waals surface area contributed by atoms with Gasteiger partial charge in [-0.15, -0.1) is 13.2 Å². The zero-order valence-corrected chi connectivity index (χ0v) is 16.3. The Morgan fingerprint density at radius 3 is 2.47 bits per heavy atom. The summed E-state index contributed by atoms with van der Waals surface area (Å²) >= 11 is 0. The third-order valence-electron chi connectivity index (χ3n) is 5.49. The minimum atomic E-state index is -4.73. The van der Waals surface area contributed by atoms with Crippen molar-refractivity contribution in [3.8, 4) is 5.75 Å². The molecule has 1 aromatic rings. The smallest absolute Gasteiger partial charge is 0.406 e. The molecule has 3 rings (SSSR count). The van der Waals surface area contributed by atoms with Crippen LogP contribution in [0.5, 0.6) is 5.75 Å². The number of alkyl halides is 6. The number of rotatable bonds is 8. The first-order chi connectivity index (χ1) is 13.9. The van der Waals surface area contributed by atoms with Crippen LogP contribution >= 0.6 is 0 Å². The van der Waals surface area contributed by atoms with Gasteiger partial charge in [0, 0.05) is 26.7 Å². The molecule has 0 bridgehead atoms. The van der Waals surface area contributed by atoms with Gasteiger partial charge in [-0.2, -0.15) is 13.2 Å². The molecule has 1 saturated carbocycles. The van der Waals surface area contributed by atoms with Gasteiger partial charge in [0.15, 0.2) is 0 Å². The predicted octanol–water partition coefficient (Wildman–Crippen LogP) is 2.87. The molecule has 1 aliphatic heterocycles. The minimum Gasteiger partial charge on any atom is -0.406 e. The number of nitrogens with one attached hydrogen (secondary N) is 1. The molecular formula is C19H23F6N3O2. The number of carbonyl (C=O) groups excluding carboxylic acids is 1. The summed E-state index contributed by atoms with van der Waals surface area (Å²) < 4.78 is 77.8. The van der Waals surface area contributed by atoms with E-state index in [4.69, 9.17) is 0 Å². The molecule has 2 unspecified atom stereocenters. The van der Waals surface area contributed by atoms with Gasteiger partial charge < -0.3 is 15.0 Å². The third-order valence-corrected chi connectivity index (χ3v) is 5.49. The molecule has 1 heterocycles. The lowest BCUT2D eigenvalue weighted by Gasteiger charge is -2.24. The van der Waals surface area contributed by atoms with E-state index in [1.54, 1.807) is 6.07 Å². The molecule has 1 N–H and O–H groups in total. The standard InChI is InChI=1S/C19H23F6N3O2/c1-27(11-18(20,21)22)17(29)10-28-8-15-14(16(15)9-28)7-26-6-12-3-2-4-13(5-12)30-19(23,24)25/h2-5,14-16,26H,6-11H2,1H3. The summed E-state index contributed by atoms with van der Waals surface area (Å²) in [6.45, 7) is 1.14. The van der Waals surface area contributed by atoms with Gasteiger partial charge in [0.1, 0.15) is 12.3 Å². The van der Waals surface area contributed by atoms with Crippen molar-refractivity contribution in [2.75, 3.05) is 39.8 Å². The van der Waals surface area contributed by atoms with Gasteiger partial charge in [-0.05, 0) is 42.0 Å². The largest absolute Gasteiger partial charge is 0.573 e. The fraction of sp³-hybridized carbons (Fsp3) is 0.632. The summed E-state index contributed by atoms with van der Waals surface area (Å²) in [6, 6.07) is 5.77. The van der Waals surface area contributed by atoms with Gasteiger partial charge in [-0.1, -0.05) is 12.1 Å². The van der Waals surface area contributed by atoms with E-state index in [9.17, 15) is 31.1 Å². The summed E-state index contributed by atoms with van der Waals surface area (Å²) in [6.07, 6.45) is -9.14. The molecule has 2 fully saturated rings. The Labute approximate surface area is 170 Å². The fourth-order valence-corrected chi connectivity index (χ4v) is 4.07. The zero-order chi connectivity index (χ0) is 22.1. The maximum Gasteiger partial charge on any atom is 0.573 e. The Kier molecular flexibility index (Phi) is 6.51. The van der Waals surface area contributed by atoms with E-state index in [2.05, 4.69) is 10.1 Å². The second kappa shape index (κ2) is 8.62. The van der Waals surface area contributed by atoms with Crippen molar-refractivity contribution >= 4 is 5.91 Å². The summed E-state index contributed by atoms with van der Waals surface area (Å²) in [5, 5.41) is 3.23. The van der Waals surface area contributed by atoms with Crippen molar-refractivity contribution in [3.63, 3.8) is 0 Å². The van der Waals surface area contributed by atoms with Crippen LogP contribution in [-0.4, -0.2) is 68.0 Å². The van der Waals surface area contributed by atoms with Crippen LogP contribution in [0, 0.1) is 17.8 Å². The summed E-state index contributed by atoms with van der Waals surface area (Å²) in [7, 11) is 1.15. The number of piperidine rings is 1. The molecule has 30 heavy (non-hydrogen) atoms. The quantitative estimate of drug-likeness (QED) is 0.633. The van der Waals surface area contributed by atoms with Gasteiger partial charge in [0.25, 0.3) is 0 Å². The SMILES string of the molecule is CN(CC(F)(F)F)C(=O)CN1CC2C(CNCc3cccc(OC(F)(F)F)c3)C2C1. The van der Waals surface area contributed by atoms with Crippen molar-refractivity contribution in [1.29, 1.82) is 0 Å². The number of benzene rings is 1. The Bertz CT molecular complexity index is 743. The lowest BCUT2D eigenvalue weighted by Crippen LogP contribution is -2.42. The maximum absolute atomic E-state index is 12.4. The van der Waals surface area contributed by atoms with Crippen molar-refractivity contribution in [2.45, 2.75) is 19.1 Å². The van der Waals surface area contributed by atoms with E-state index in [-0.39, 0.29) is 12.3 Å². The van der Waals surface area contributed by atoms with Crippen LogP contribution in [-0.2, 0) is 11.3 Å². The predicted molar refractivity (Wildman–Crippen MR) is 95.4 cm³/mol. The van der Waals surface area contributed by atoms with E-state index in [1.807, 2.05) is 4.90 Å². The van der Waals surface area contributed by atoms with Gasteiger partial charge >= 0.3 is 12.5 Å². The average molecular weight is 439 g/mol. The highest BCUT2D eigenvalue weighted by atomic mass is 19.4. The first-order valence-electron chi connectivity index (χ1n) is 9.50. The molecule has 0 radical (unpaired) electrons. The molecule has 2 atom stereocenters. The van der Waals surface area contributed by atoms with E-state index in [0.29, 0.717) is 54.4 Å². The molecule has 0 spiro atoms. The number of nitrogens with zero attached hydrogens (tertiary/aromatic N) is 2. The Hall–Kier alpha value is -2.01. The number of fused-ring (bicyclic) bond motifs is 1. The summed E-state index contributed by atoms with van der Waals surface area (Å²) in [4.78, 5) is 14.5. The van der Waals surface area contributed by atoms with Crippen LogP contribution in [0.4, 0.5) is 26.3 Å². The first kappa shape index (κ1) is 22.7. The third kappa shape index (κ3) is 6.49. The molecule has 1 amide bonds. The summed E-state index contributed by atoms with van der Waals surface area (Å²) in [5.41, 5.74) is 0.669. The molecule has 1 aromatic carbocycles. The number of hydrogen-bond acceptors (Lipinski definition) is 4. The van der Waals surface area contributed by atoms with E-state index in [0.717, 1.165) is 7.05 Å². The highest BCUT2D eigenvalue weighted by Crippen LogP contribution is 2.51. The van der Waals surface area contributed by atoms with Gasteiger partial charge in [0.2, 0.25) is 5.91 Å². The zero-order valence-electron chi connectivity index (χ0n) is 16.3. The van der Waals surface area contributed by atoms with Gasteiger partial charge in [-0.25, -0.2) is 0 Å². The van der Waals surface area contributed by atoms with E-state index < -0.39 is 25.0 Å². The van der Waals surface area contributed by atoms with Crippen molar-refractivity contribution in [2.24, 2.45) is 17.8 Å². The number of carbonyl (C=O) groups is 1.